The zero-order valence-corrected chi connectivity index (χ0v) is 37.5. The van der Waals surface area contributed by atoms with E-state index < -0.39 is 25.0 Å². The third-order valence-corrected chi connectivity index (χ3v) is 22.4. The van der Waals surface area contributed by atoms with Gasteiger partial charge in [-0.3, -0.25) is 0 Å². The minimum atomic E-state index is -4.51. The van der Waals surface area contributed by atoms with Gasteiger partial charge in [-0.25, -0.2) is 0 Å². The topological polar surface area (TPSA) is 43.6 Å². The minimum absolute atomic E-state index is 0.429. The SMILES string of the molecule is FC(F)(F)c1ccc2c(c1)c1ccccc1n2-c1ccc(-c2ccc[c]([Ge]([c]3ccccc3)([c]3ccccc3)[c]3ccccc3)c2)cc1-c1nc(-c2ccccc2)nc(-c2ccccc2)n1. The van der Waals surface area contributed by atoms with E-state index in [1.807, 2.05) is 89.5 Å². The summed E-state index contributed by atoms with van der Waals surface area (Å²) in [5.74, 6) is 1.43. The van der Waals surface area contributed by atoms with Crippen molar-refractivity contribution >= 4 is 52.7 Å². The summed E-state index contributed by atoms with van der Waals surface area (Å²) in [6.07, 6.45) is -4.51. The standard InChI is InChI=1S/C58H39F3GeN4/c59-58(60,61)44-34-36-53-50(39-44)49-31-16-17-32-52(49)66(53)54-35-33-43(38-51(54)57-64-55(40-19-6-1-7-20-40)63-56(65-57)41-21-8-2-9-22-41)42-23-18-30-48(37-42)62(45-24-10-3-11-25-45,46-26-12-4-13-27-46)47-28-14-5-15-29-47/h1-39H. The van der Waals surface area contributed by atoms with Gasteiger partial charge in [0, 0.05) is 0 Å². The first kappa shape index (κ1) is 40.9. The molecule has 11 rings (SSSR count). The maximum absolute atomic E-state index is 14.3. The number of nitrogens with zero attached hydrogens (tertiary/aromatic N) is 4. The Morgan fingerprint density at radius 1 is 0.348 bits per heavy atom. The fraction of sp³-hybridized carbons (Fsp3) is 0.0172. The summed E-state index contributed by atoms with van der Waals surface area (Å²) in [6.45, 7) is 0. The molecule has 2 heterocycles. The monoisotopic (exact) mass is 922 g/mol. The van der Waals surface area contributed by atoms with Gasteiger partial charge in [-0.1, -0.05) is 12.1 Å². The van der Waals surface area contributed by atoms with Gasteiger partial charge in [0.25, 0.3) is 0 Å². The zero-order chi connectivity index (χ0) is 44.7. The van der Waals surface area contributed by atoms with Crippen LogP contribution in [0.15, 0.2) is 237 Å². The van der Waals surface area contributed by atoms with Crippen LogP contribution in [-0.4, -0.2) is 32.8 Å². The Morgan fingerprint density at radius 2 is 0.803 bits per heavy atom. The summed E-state index contributed by atoms with van der Waals surface area (Å²) in [4.78, 5) is 15.4. The number of hydrogen-bond acceptors (Lipinski definition) is 3. The normalized spacial score (nSPS) is 11.9. The molecule has 0 unspecified atom stereocenters. The van der Waals surface area contributed by atoms with E-state index in [0.29, 0.717) is 39.3 Å². The molecule has 0 radical (unpaired) electrons. The molecule has 0 saturated heterocycles. The number of aromatic nitrogens is 4. The molecular formula is C58H39F3GeN4. The molecule has 0 saturated carbocycles. The molecule has 316 valence electrons. The Bertz CT molecular complexity index is 3350. The molecule has 0 aliphatic rings. The zero-order valence-electron chi connectivity index (χ0n) is 35.4. The van der Waals surface area contributed by atoms with E-state index in [4.69, 9.17) is 15.0 Å². The first-order chi connectivity index (χ1) is 32.4. The van der Waals surface area contributed by atoms with Crippen molar-refractivity contribution in [1.82, 2.24) is 19.5 Å². The quantitative estimate of drug-likeness (QED) is 0.136. The second kappa shape index (κ2) is 16.9. The average molecular weight is 922 g/mol. The summed E-state index contributed by atoms with van der Waals surface area (Å²) < 4.78 is 50.0. The molecule has 0 aliphatic heterocycles. The third kappa shape index (κ3) is 7.27. The molecule has 4 nitrogen and oxygen atoms in total. The van der Waals surface area contributed by atoms with Crippen molar-refractivity contribution in [2.75, 3.05) is 0 Å². The van der Waals surface area contributed by atoms with Gasteiger partial charge in [0.15, 0.2) is 0 Å². The first-order valence-corrected chi connectivity index (χ1v) is 26.0. The van der Waals surface area contributed by atoms with Gasteiger partial charge in [-0.05, 0) is 0 Å². The van der Waals surface area contributed by atoms with Crippen molar-refractivity contribution in [3.05, 3.63) is 242 Å². The molecule has 0 N–H and O–H groups in total. The van der Waals surface area contributed by atoms with Crippen LogP contribution in [0, 0.1) is 0 Å². The van der Waals surface area contributed by atoms with E-state index in [1.165, 1.54) is 23.7 Å². The summed E-state index contributed by atoms with van der Waals surface area (Å²) in [7, 11) is 0. The van der Waals surface area contributed by atoms with Gasteiger partial charge in [0.2, 0.25) is 0 Å². The number of halogens is 3. The predicted molar refractivity (Wildman–Crippen MR) is 265 cm³/mol. The van der Waals surface area contributed by atoms with Gasteiger partial charge >= 0.3 is 359 Å². The third-order valence-electron chi connectivity index (χ3n) is 12.4. The van der Waals surface area contributed by atoms with Crippen LogP contribution >= 0.6 is 0 Å². The molecule has 9 aromatic carbocycles. The number of benzene rings is 9. The Labute approximate surface area is 382 Å². The molecular weight excluding hydrogens is 882 g/mol. The van der Waals surface area contributed by atoms with Crippen LogP contribution in [-0.2, 0) is 6.18 Å². The summed E-state index contributed by atoms with van der Waals surface area (Å²) in [5, 5.41) is 1.21. The van der Waals surface area contributed by atoms with Crippen LogP contribution in [0.4, 0.5) is 13.2 Å². The van der Waals surface area contributed by atoms with Crippen LogP contribution in [0.25, 0.3) is 72.8 Å². The second-order valence-electron chi connectivity index (χ2n) is 16.3. The van der Waals surface area contributed by atoms with Crippen molar-refractivity contribution in [1.29, 1.82) is 0 Å². The molecule has 8 heteroatoms. The number of rotatable bonds is 9. The van der Waals surface area contributed by atoms with E-state index in [-0.39, 0.29) is 0 Å². The summed E-state index contributed by atoms with van der Waals surface area (Å²) in [5.41, 5.74) is 5.70. The van der Waals surface area contributed by atoms with E-state index in [2.05, 4.69) is 133 Å². The number of hydrogen-bond donors (Lipinski definition) is 0. The molecule has 0 fully saturated rings. The first-order valence-electron chi connectivity index (χ1n) is 21.8. The Kier molecular flexibility index (Phi) is 10.5. The molecule has 0 spiro atoms. The molecule has 0 atom stereocenters. The Balaban J connectivity index is 1.19. The van der Waals surface area contributed by atoms with Crippen molar-refractivity contribution in [2.24, 2.45) is 0 Å². The van der Waals surface area contributed by atoms with Crippen molar-refractivity contribution in [3.8, 4) is 51.0 Å². The molecule has 0 amide bonds. The Morgan fingerprint density at radius 3 is 1.36 bits per heavy atom. The van der Waals surface area contributed by atoms with Gasteiger partial charge in [0.05, 0.1) is 0 Å². The van der Waals surface area contributed by atoms with Gasteiger partial charge in [0.1, 0.15) is 0 Å². The summed E-state index contributed by atoms with van der Waals surface area (Å²) >= 11 is -3.65. The van der Waals surface area contributed by atoms with Crippen molar-refractivity contribution < 1.29 is 13.2 Å². The van der Waals surface area contributed by atoms with Crippen LogP contribution < -0.4 is 17.6 Å². The molecule has 2 aromatic heterocycles. The van der Waals surface area contributed by atoms with Crippen molar-refractivity contribution in [2.45, 2.75) is 6.18 Å². The van der Waals surface area contributed by atoms with Gasteiger partial charge in [-0.2, -0.15) is 13.2 Å². The molecule has 11 aromatic rings. The Hall–Kier alpha value is -7.88. The molecule has 0 bridgehead atoms. The van der Waals surface area contributed by atoms with Crippen LogP contribution in [0.3, 0.4) is 0 Å². The van der Waals surface area contributed by atoms with E-state index in [0.717, 1.165) is 39.5 Å². The number of para-hydroxylation sites is 1. The van der Waals surface area contributed by atoms with Crippen LogP contribution in [0.1, 0.15) is 5.56 Å². The molecule has 0 aliphatic carbocycles. The van der Waals surface area contributed by atoms with Gasteiger partial charge < -0.3 is 0 Å². The van der Waals surface area contributed by atoms with E-state index in [1.54, 1.807) is 6.07 Å². The average Bonchev–Trinajstić information content (AvgIpc) is 3.71. The fourth-order valence-corrected chi connectivity index (χ4v) is 19.5. The number of fused-ring (bicyclic) bond motifs is 3. The number of alkyl halides is 3. The fourth-order valence-electron chi connectivity index (χ4n) is 9.42. The van der Waals surface area contributed by atoms with Crippen LogP contribution in [0.2, 0.25) is 0 Å². The maximum atomic E-state index is 14.3. The second-order valence-corrected chi connectivity index (χ2v) is 24.3. The predicted octanol–water partition coefficient (Wildman–Crippen LogP) is 12.0. The van der Waals surface area contributed by atoms with Crippen molar-refractivity contribution in [3.63, 3.8) is 0 Å². The summed E-state index contributed by atoms with van der Waals surface area (Å²) in [6, 6.07) is 79.1. The van der Waals surface area contributed by atoms with E-state index >= 15 is 0 Å². The van der Waals surface area contributed by atoms with E-state index in [9.17, 15) is 13.2 Å². The van der Waals surface area contributed by atoms with Crippen LogP contribution in [0.5, 0.6) is 0 Å². The van der Waals surface area contributed by atoms with Gasteiger partial charge in [-0.15, -0.1) is 0 Å². The molecule has 66 heavy (non-hydrogen) atoms.